The molecule has 4 heteroatoms. The molecular formula is C13H20N2O2. The number of ether oxygens (including phenoxy) is 1. The molecule has 0 aliphatic rings. The molecule has 1 heterocycles. The first-order valence-electron chi connectivity index (χ1n) is 5.68. The summed E-state index contributed by atoms with van der Waals surface area (Å²) in [6.07, 6.45) is 3.01. The van der Waals surface area contributed by atoms with Crippen molar-refractivity contribution in [3.05, 3.63) is 36.5 Å². The third-order valence-corrected chi connectivity index (χ3v) is 2.48. The molecule has 0 spiro atoms. The smallest absolute Gasteiger partial charge is 0.134 e. The highest BCUT2D eigenvalue weighted by Gasteiger charge is 2.14. The fraction of sp³-hybridized carbons (Fsp3) is 0.462. The van der Waals surface area contributed by atoms with E-state index in [1.807, 2.05) is 23.1 Å². The maximum atomic E-state index is 9.72. The number of aliphatic hydroxyl groups excluding tert-OH is 1. The number of aromatic nitrogens is 1. The van der Waals surface area contributed by atoms with E-state index in [1.165, 1.54) is 0 Å². The Morgan fingerprint density at radius 2 is 2.41 bits per heavy atom. The predicted octanol–water partition coefficient (Wildman–Crippen LogP) is 1.77. The molecule has 0 fully saturated rings. The maximum Gasteiger partial charge on any atom is 0.134 e. The number of aliphatic hydroxyl groups is 1. The minimum Gasteiger partial charge on any atom is -0.389 e. The number of hydrogen-bond donors (Lipinski definition) is 1. The number of rotatable bonds is 7. The van der Waals surface area contributed by atoms with E-state index in [1.54, 1.807) is 20.2 Å². The van der Waals surface area contributed by atoms with Gasteiger partial charge in [-0.15, -0.1) is 6.58 Å². The van der Waals surface area contributed by atoms with Crippen LogP contribution in [0.15, 0.2) is 31.0 Å². The van der Waals surface area contributed by atoms with Crippen LogP contribution in [0.3, 0.4) is 0 Å². The molecule has 0 radical (unpaired) electrons. The molecule has 0 aliphatic carbocycles. The van der Waals surface area contributed by atoms with E-state index in [0.29, 0.717) is 13.2 Å². The maximum absolute atomic E-state index is 9.72. The number of pyridine rings is 1. The molecule has 4 nitrogen and oxygen atoms in total. The minimum atomic E-state index is -0.534. The van der Waals surface area contributed by atoms with Gasteiger partial charge in [-0.2, -0.15) is 0 Å². The van der Waals surface area contributed by atoms with Gasteiger partial charge in [0.05, 0.1) is 12.7 Å². The third-order valence-electron chi connectivity index (χ3n) is 2.48. The highest BCUT2D eigenvalue weighted by atomic mass is 16.5. The number of hydrogen-bond acceptors (Lipinski definition) is 4. The van der Waals surface area contributed by atoms with E-state index in [9.17, 15) is 5.11 Å². The summed E-state index contributed by atoms with van der Waals surface area (Å²) in [6.45, 7) is 7.49. The minimum absolute atomic E-state index is 0.534. The summed E-state index contributed by atoms with van der Waals surface area (Å²) in [5.41, 5.74) is 0.824. The summed E-state index contributed by atoms with van der Waals surface area (Å²) in [6, 6.07) is 3.71. The van der Waals surface area contributed by atoms with Gasteiger partial charge < -0.3 is 14.7 Å². The lowest BCUT2D eigenvalue weighted by atomic mass is 10.1. The van der Waals surface area contributed by atoms with Crippen molar-refractivity contribution in [2.75, 3.05) is 31.7 Å². The summed E-state index contributed by atoms with van der Waals surface area (Å²) >= 11 is 0. The monoisotopic (exact) mass is 236 g/mol. The second kappa shape index (κ2) is 7.04. The van der Waals surface area contributed by atoms with Crippen molar-refractivity contribution >= 4 is 5.82 Å². The van der Waals surface area contributed by atoms with Crippen molar-refractivity contribution < 1.29 is 9.84 Å². The van der Waals surface area contributed by atoms with Crippen LogP contribution in [0.5, 0.6) is 0 Å². The van der Waals surface area contributed by atoms with Gasteiger partial charge in [0.2, 0.25) is 0 Å². The van der Waals surface area contributed by atoms with Crippen LogP contribution < -0.4 is 4.90 Å². The largest absolute Gasteiger partial charge is 0.389 e. The Morgan fingerprint density at radius 3 is 3.00 bits per heavy atom. The first-order valence-corrected chi connectivity index (χ1v) is 5.68. The predicted molar refractivity (Wildman–Crippen MR) is 69.2 cm³/mol. The van der Waals surface area contributed by atoms with Crippen molar-refractivity contribution in [3.63, 3.8) is 0 Å². The van der Waals surface area contributed by atoms with E-state index in [2.05, 4.69) is 11.6 Å². The lowest BCUT2D eigenvalue weighted by Crippen LogP contribution is -2.29. The standard InChI is InChI=1S/C13H20N2O2/c1-4-8-15(9-10-17-3)13-12(11(2)16)6-5-7-14-13/h4-7,11,16H,1,8-10H2,2-3H3/t11-/m1/s1. The van der Waals surface area contributed by atoms with Crippen LogP contribution >= 0.6 is 0 Å². The molecule has 17 heavy (non-hydrogen) atoms. The first-order chi connectivity index (χ1) is 8.20. The third kappa shape index (κ3) is 3.84. The fourth-order valence-corrected chi connectivity index (χ4v) is 1.64. The van der Waals surface area contributed by atoms with E-state index in [-0.39, 0.29) is 0 Å². The molecule has 1 atom stereocenters. The SMILES string of the molecule is C=CCN(CCOC)c1ncccc1[C@@H](C)O. The zero-order valence-corrected chi connectivity index (χ0v) is 10.5. The van der Waals surface area contributed by atoms with Crippen LogP contribution in [0.4, 0.5) is 5.82 Å². The number of anilines is 1. The van der Waals surface area contributed by atoms with Gasteiger partial charge in [-0.05, 0) is 13.0 Å². The van der Waals surface area contributed by atoms with Gasteiger partial charge in [0.15, 0.2) is 0 Å². The van der Waals surface area contributed by atoms with Crippen LogP contribution in [-0.4, -0.2) is 36.9 Å². The molecule has 1 aromatic heterocycles. The Kier molecular flexibility index (Phi) is 5.66. The molecule has 0 amide bonds. The van der Waals surface area contributed by atoms with Crippen molar-refractivity contribution in [1.29, 1.82) is 0 Å². The summed E-state index contributed by atoms with van der Waals surface area (Å²) in [5, 5.41) is 9.72. The van der Waals surface area contributed by atoms with Crippen molar-refractivity contribution in [3.8, 4) is 0 Å². The van der Waals surface area contributed by atoms with Crippen LogP contribution in [-0.2, 0) is 4.74 Å². The average Bonchev–Trinajstić information content (AvgIpc) is 2.34. The average molecular weight is 236 g/mol. The highest BCUT2D eigenvalue weighted by Crippen LogP contribution is 2.23. The Hall–Kier alpha value is -1.39. The van der Waals surface area contributed by atoms with Gasteiger partial charge >= 0.3 is 0 Å². The van der Waals surface area contributed by atoms with Crippen molar-refractivity contribution in [1.82, 2.24) is 4.98 Å². The van der Waals surface area contributed by atoms with Gasteiger partial charge in [0.1, 0.15) is 5.82 Å². The Balaban J connectivity index is 2.95. The first kappa shape index (κ1) is 13.7. The summed E-state index contributed by atoms with van der Waals surface area (Å²) < 4.78 is 5.07. The van der Waals surface area contributed by atoms with Gasteiger partial charge in [0, 0.05) is 32.0 Å². The topological polar surface area (TPSA) is 45.6 Å². The van der Waals surface area contributed by atoms with Crippen molar-refractivity contribution in [2.24, 2.45) is 0 Å². The molecule has 0 saturated heterocycles. The van der Waals surface area contributed by atoms with Crippen LogP contribution in [0.1, 0.15) is 18.6 Å². The van der Waals surface area contributed by atoms with E-state index >= 15 is 0 Å². The van der Waals surface area contributed by atoms with E-state index in [4.69, 9.17) is 4.74 Å². The molecule has 1 N–H and O–H groups in total. The van der Waals surface area contributed by atoms with Gasteiger partial charge in [-0.1, -0.05) is 12.1 Å². The van der Waals surface area contributed by atoms with Crippen LogP contribution in [0.25, 0.3) is 0 Å². The van der Waals surface area contributed by atoms with Gasteiger partial charge in [0.25, 0.3) is 0 Å². The quantitative estimate of drug-likeness (QED) is 0.733. The number of methoxy groups -OCH3 is 1. The molecule has 0 aromatic carbocycles. The second-order valence-corrected chi connectivity index (χ2v) is 3.82. The molecular weight excluding hydrogens is 216 g/mol. The molecule has 0 saturated carbocycles. The summed E-state index contributed by atoms with van der Waals surface area (Å²) in [7, 11) is 1.67. The fourth-order valence-electron chi connectivity index (χ4n) is 1.64. The zero-order valence-electron chi connectivity index (χ0n) is 10.5. The normalized spacial score (nSPS) is 12.2. The Labute approximate surface area is 103 Å². The number of nitrogens with zero attached hydrogens (tertiary/aromatic N) is 2. The molecule has 0 unspecified atom stereocenters. The van der Waals surface area contributed by atoms with E-state index < -0.39 is 6.10 Å². The summed E-state index contributed by atoms with van der Waals surface area (Å²) in [5.74, 6) is 0.791. The molecule has 0 bridgehead atoms. The van der Waals surface area contributed by atoms with Crippen LogP contribution in [0, 0.1) is 0 Å². The Morgan fingerprint density at radius 1 is 1.65 bits per heavy atom. The second-order valence-electron chi connectivity index (χ2n) is 3.82. The summed E-state index contributed by atoms with van der Waals surface area (Å²) in [4.78, 5) is 6.37. The highest BCUT2D eigenvalue weighted by molar-refractivity contribution is 5.48. The van der Waals surface area contributed by atoms with Crippen LogP contribution in [0.2, 0.25) is 0 Å². The lowest BCUT2D eigenvalue weighted by Gasteiger charge is -2.25. The lowest BCUT2D eigenvalue weighted by molar-refractivity contribution is 0.197. The molecule has 1 aromatic rings. The Bertz CT molecular complexity index is 353. The zero-order chi connectivity index (χ0) is 12.7. The molecule has 94 valence electrons. The van der Waals surface area contributed by atoms with Crippen molar-refractivity contribution in [2.45, 2.75) is 13.0 Å². The van der Waals surface area contributed by atoms with Gasteiger partial charge in [-0.3, -0.25) is 0 Å². The molecule has 1 rings (SSSR count). The van der Waals surface area contributed by atoms with Gasteiger partial charge in [-0.25, -0.2) is 4.98 Å². The molecule has 0 aliphatic heterocycles. The van der Waals surface area contributed by atoms with E-state index in [0.717, 1.165) is 17.9 Å².